The summed E-state index contributed by atoms with van der Waals surface area (Å²) in [5, 5.41) is 21.5. The summed E-state index contributed by atoms with van der Waals surface area (Å²) in [6.07, 6.45) is 0.688. The van der Waals surface area contributed by atoms with Gasteiger partial charge in [0, 0.05) is 25.1 Å². The molecule has 0 spiro atoms. The Hall–Kier alpha value is -4.43. The number of aliphatic hydroxyl groups is 1. The Bertz CT molecular complexity index is 1580. The molecule has 2 aromatic carbocycles. The zero-order valence-corrected chi connectivity index (χ0v) is 28.1. The van der Waals surface area contributed by atoms with Crippen molar-refractivity contribution in [3.05, 3.63) is 71.8 Å². The topological polar surface area (TPSA) is 177 Å². The molecule has 0 aliphatic carbocycles. The van der Waals surface area contributed by atoms with Gasteiger partial charge in [0.1, 0.15) is 36.3 Å². The van der Waals surface area contributed by atoms with Gasteiger partial charge in [-0.3, -0.25) is 28.8 Å². The van der Waals surface area contributed by atoms with Crippen LogP contribution in [0.4, 0.5) is 0 Å². The normalized spacial score (nSPS) is 30.4. The van der Waals surface area contributed by atoms with Crippen molar-refractivity contribution in [1.82, 2.24) is 31.1 Å². The van der Waals surface area contributed by atoms with Gasteiger partial charge < -0.3 is 36.2 Å². The molecule has 0 radical (unpaired) electrons. The maximum atomic E-state index is 14.2. The maximum absolute atomic E-state index is 14.2. The first-order valence-electron chi connectivity index (χ1n) is 16.8. The van der Waals surface area contributed by atoms with Gasteiger partial charge in [-0.1, -0.05) is 60.7 Å². The number of hydrogen-bond donors (Lipinski definition) is 5. The highest BCUT2D eigenvalue weighted by Gasteiger charge is 2.48. The Balaban J connectivity index is 1.36. The SMILES string of the molecule is C[C@@H](O)[C@@H]1NC(=O)[C@@H]2CS[C@H]3CC[C@H](NC(=O)[C@H](Cc4ccccc4)NC(=O)[C@@H]4CCCN4C(=O)[C@H](Cc4ccccc4)NC1=O)C(=O)N32. The van der Waals surface area contributed by atoms with Crippen molar-refractivity contribution >= 4 is 47.2 Å². The fourth-order valence-corrected chi connectivity index (χ4v) is 8.53. The summed E-state index contributed by atoms with van der Waals surface area (Å²) in [5.41, 5.74) is 1.55. The number of aliphatic hydroxyl groups excluding tert-OH is 1. The van der Waals surface area contributed by atoms with Gasteiger partial charge in [0.15, 0.2) is 0 Å². The summed E-state index contributed by atoms with van der Waals surface area (Å²) >= 11 is 1.44. The van der Waals surface area contributed by atoms with Crippen LogP contribution in [0.1, 0.15) is 43.7 Å². The number of nitrogens with one attached hydrogen (secondary N) is 4. The number of fused-ring (bicyclic) bond motifs is 2. The Morgan fingerprint density at radius 3 is 1.98 bits per heavy atom. The van der Waals surface area contributed by atoms with Crippen LogP contribution in [0.5, 0.6) is 0 Å². The average Bonchev–Trinajstić information content (AvgIpc) is 3.76. The van der Waals surface area contributed by atoms with E-state index in [1.807, 2.05) is 60.7 Å². The lowest BCUT2D eigenvalue weighted by molar-refractivity contribution is -0.147. The lowest BCUT2D eigenvalue weighted by Gasteiger charge is -2.38. The molecule has 4 aliphatic heterocycles. The molecule has 6 rings (SSSR count). The van der Waals surface area contributed by atoms with Crippen LogP contribution in [-0.4, -0.2) is 110 Å². The molecule has 8 atom stereocenters. The second kappa shape index (κ2) is 15.0. The van der Waals surface area contributed by atoms with Crippen LogP contribution in [0.3, 0.4) is 0 Å². The van der Waals surface area contributed by atoms with E-state index in [4.69, 9.17) is 0 Å². The van der Waals surface area contributed by atoms with E-state index in [9.17, 15) is 33.9 Å². The summed E-state index contributed by atoms with van der Waals surface area (Å²) in [5.74, 6) is -3.06. The first kappa shape index (κ1) is 34.4. The molecule has 4 aliphatic rings. The standard InChI is InChI=1S/C35H42N6O7S/c1-20(42)29-33(46)38-25(18-22-11-6-3-7-12-22)34(47)40-16-8-13-26(40)31(44)37-24(17-21-9-4-2-5-10-21)30(43)36-23-14-15-28-41(35(23)48)27(19-49-28)32(45)39-29/h2-7,9-12,20,23-29,42H,8,13-19H2,1H3,(H,36,43)(H,37,44)(H,38,46)(H,39,45)/t20-,23+,24+,25+,26+,27+,28+,29+/m1/s1. The predicted molar refractivity (Wildman–Crippen MR) is 181 cm³/mol. The molecule has 0 saturated carbocycles. The van der Waals surface area contributed by atoms with Crippen LogP contribution in [0.15, 0.2) is 60.7 Å². The summed E-state index contributed by atoms with van der Waals surface area (Å²) < 4.78 is 0. The van der Waals surface area contributed by atoms with Crippen molar-refractivity contribution in [3.63, 3.8) is 0 Å². The lowest BCUT2D eigenvalue weighted by Crippen LogP contribution is -2.64. The quantitative estimate of drug-likeness (QED) is 0.288. The largest absolute Gasteiger partial charge is 0.391 e. The Labute approximate surface area is 288 Å². The third-order valence-corrected chi connectivity index (χ3v) is 11.0. The van der Waals surface area contributed by atoms with Crippen LogP contribution >= 0.6 is 11.8 Å². The van der Waals surface area contributed by atoms with E-state index in [1.165, 1.54) is 28.5 Å². The van der Waals surface area contributed by atoms with Crippen molar-refractivity contribution in [1.29, 1.82) is 0 Å². The molecule has 49 heavy (non-hydrogen) atoms. The fraction of sp³-hybridized carbons (Fsp3) is 0.486. The first-order chi connectivity index (χ1) is 23.6. The summed E-state index contributed by atoms with van der Waals surface area (Å²) in [4.78, 5) is 86.2. The number of carbonyl (C=O) groups is 6. The van der Waals surface area contributed by atoms with Gasteiger partial charge in [-0.05, 0) is 43.7 Å². The van der Waals surface area contributed by atoms with Gasteiger partial charge in [-0.15, -0.1) is 11.8 Å². The van der Waals surface area contributed by atoms with Crippen LogP contribution in [0.25, 0.3) is 0 Å². The van der Waals surface area contributed by atoms with Crippen molar-refractivity contribution in [2.75, 3.05) is 12.3 Å². The molecule has 4 fully saturated rings. The highest BCUT2D eigenvalue weighted by atomic mass is 32.2. The summed E-state index contributed by atoms with van der Waals surface area (Å²) in [6, 6.07) is 11.9. The zero-order chi connectivity index (χ0) is 34.7. The van der Waals surface area contributed by atoms with E-state index in [-0.39, 0.29) is 30.5 Å². The average molecular weight is 691 g/mol. The summed E-state index contributed by atoms with van der Waals surface area (Å²) in [7, 11) is 0. The third kappa shape index (κ3) is 7.59. The molecule has 4 heterocycles. The lowest BCUT2D eigenvalue weighted by atomic mass is 9.99. The van der Waals surface area contributed by atoms with Gasteiger partial charge >= 0.3 is 0 Å². The minimum absolute atomic E-state index is 0.0976. The molecular weight excluding hydrogens is 648 g/mol. The number of thioether (sulfide) groups is 1. The first-order valence-corrected chi connectivity index (χ1v) is 17.9. The smallest absolute Gasteiger partial charge is 0.246 e. The summed E-state index contributed by atoms with van der Waals surface area (Å²) in [6.45, 7) is 1.62. The molecule has 6 amide bonds. The van der Waals surface area contributed by atoms with Gasteiger partial charge in [-0.25, -0.2) is 0 Å². The Kier molecular flexibility index (Phi) is 10.5. The second-order valence-electron chi connectivity index (χ2n) is 13.1. The van der Waals surface area contributed by atoms with Crippen LogP contribution in [-0.2, 0) is 41.6 Å². The van der Waals surface area contributed by atoms with Crippen LogP contribution in [0, 0.1) is 0 Å². The highest BCUT2D eigenvalue weighted by Crippen LogP contribution is 2.37. The van der Waals surface area contributed by atoms with Crippen molar-refractivity contribution in [3.8, 4) is 0 Å². The monoisotopic (exact) mass is 690 g/mol. The molecule has 4 saturated heterocycles. The minimum atomic E-state index is -1.42. The fourth-order valence-electron chi connectivity index (χ4n) is 7.10. The molecular formula is C35H42N6O7S. The minimum Gasteiger partial charge on any atom is -0.391 e. The van der Waals surface area contributed by atoms with Gasteiger partial charge in [-0.2, -0.15) is 0 Å². The number of amides is 6. The number of piperidine rings is 1. The van der Waals surface area contributed by atoms with Gasteiger partial charge in [0.05, 0.1) is 11.5 Å². The van der Waals surface area contributed by atoms with E-state index in [0.717, 1.165) is 11.1 Å². The second-order valence-corrected chi connectivity index (χ2v) is 14.3. The number of nitrogens with zero attached hydrogens (tertiary/aromatic N) is 2. The number of hydrogen-bond acceptors (Lipinski definition) is 8. The van der Waals surface area contributed by atoms with Crippen molar-refractivity contribution in [2.24, 2.45) is 0 Å². The molecule has 13 nitrogen and oxygen atoms in total. The molecule has 14 heteroatoms. The van der Waals surface area contributed by atoms with Crippen LogP contribution < -0.4 is 21.3 Å². The van der Waals surface area contributed by atoms with Crippen molar-refractivity contribution < 1.29 is 33.9 Å². The maximum Gasteiger partial charge on any atom is 0.246 e. The van der Waals surface area contributed by atoms with Gasteiger partial charge in [0.25, 0.3) is 0 Å². The van der Waals surface area contributed by atoms with E-state index in [1.54, 1.807) is 0 Å². The van der Waals surface area contributed by atoms with Crippen molar-refractivity contribution in [2.45, 2.75) is 93.2 Å². The van der Waals surface area contributed by atoms with E-state index < -0.39 is 77.8 Å². The number of benzene rings is 2. The Morgan fingerprint density at radius 2 is 1.33 bits per heavy atom. The van der Waals surface area contributed by atoms with E-state index in [2.05, 4.69) is 21.3 Å². The molecule has 0 aromatic heterocycles. The van der Waals surface area contributed by atoms with Crippen LogP contribution in [0.2, 0.25) is 0 Å². The van der Waals surface area contributed by atoms with Gasteiger partial charge in [0.2, 0.25) is 35.4 Å². The highest BCUT2D eigenvalue weighted by molar-refractivity contribution is 8.00. The Morgan fingerprint density at radius 1 is 0.714 bits per heavy atom. The van der Waals surface area contributed by atoms with E-state index in [0.29, 0.717) is 25.7 Å². The molecule has 2 aromatic rings. The zero-order valence-electron chi connectivity index (χ0n) is 27.2. The molecule has 260 valence electrons. The predicted octanol–water partition coefficient (Wildman–Crippen LogP) is -0.140. The molecule has 5 N–H and O–H groups in total. The molecule has 0 unspecified atom stereocenters. The number of rotatable bonds is 5. The molecule has 2 bridgehead atoms. The van der Waals surface area contributed by atoms with E-state index >= 15 is 0 Å². The third-order valence-electron chi connectivity index (χ3n) is 9.68. The number of carbonyl (C=O) groups excluding carboxylic acids is 6.